The molecule has 1 heterocycles. The number of methoxy groups -OCH3 is 1. The van der Waals surface area contributed by atoms with Gasteiger partial charge in [-0.15, -0.1) is 11.3 Å². The summed E-state index contributed by atoms with van der Waals surface area (Å²) in [6, 6.07) is 29.4. The van der Waals surface area contributed by atoms with E-state index in [1.165, 1.54) is 32.7 Å². The van der Waals surface area contributed by atoms with Crippen LogP contribution in [0.15, 0.2) is 84.9 Å². The van der Waals surface area contributed by atoms with E-state index < -0.39 is 0 Å². The lowest BCUT2D eigenvalue weighted by Crippen LogP contribution is -2.25. The van der Waals surface area contributed by atoms with Gasteiger partial charge < -0.3 is 10.1 Å². The third-order valence-corrected chi connectivity index (χ3v) is 7.59. The first-order chi connectivity index (χ1) is 16.2. The van der Waals surface area contributed by atoms with Crippen molar-refractivity contribution in [1.82, 2.24) is 5.32 Å². The normalized spacial score (nSPS) is 12.2. The lowest BCUT2D eigenvalue weighted by Gasteiger charge is -2.18. The Balaban J connectivity index is 1.30. The molecule has 0 spiro atoms. The number of hydrogen-bond donors (Lipinski definition) is 1. The van der Waals surface area contributed by atoms with Crippen LogP contribution >= 0.6 is 11.3 Å². The minimum absolute atomic E-state index is 0.0127. The van der Waals surface area contributed by atoms with Crippen LogP contribution in [0.4, 0.5) is 0 Å². The molecule has 0 unspecified atom stereocenters. The number of hydrogen-bond acceptors (Lipinski definition) is 3. The van der Waals surface area contributed by atoms with Crippen LogP contribution in [0.25, 0.3) is 10.4 Å². The molecule has 0 radical (unpaired) electrons. The second-order valence-electron chi connectivity index (χ2n) is 8.41. The maximum absolute atomic E-state index is 13.0. The zero-order valence-electron chi connectivity index (χ0n) is 18.7. The van der Waals surface area contributed by atoms with E-state index in [2.05, 4.69) is 72.0 Å². The van der Waals surface area contributed by atoms with Gasteiger partial charge in [-0.2, -0.15) is 0 Å². The van der Waals surface area contributed by atoms with Crippen molar-refractivity contribution in [2.75, 3.05) is 13.7 Å². The van der Waals surface area contributed by atoms with Gasteiger partial charge in [0.2, 0.25) is 0 Å². The molecule has 0 aliphatic heterocycles. The number of nitrogens with one attached hydrogen (secondary N) is 1. The standard InChI is InChI=1S/C29H27NO2S/c1-32-24-15-14-22-12-13-23-18-27(33-28(23)26(22)19-24)29(31)30-17-16-25(20-8-4-2-5-9-20)21-10-6-3-7-11-21/h2-11,14-15,18-19,25H,12-13,16-17H2,1H3,(H,30,31). The highest BCUT2D eigenvalue weighted by Gasteiger charge is 2.22. The zero-order valence-corrected chi connectivity index (χ0v) is 19.5. The third-order valence-electron chi connectivity index (χ3n) is 6.38. The molecule has 33 heavy (non-hydrogen) atoms. The van der Waals surface area contributed by atoms with Gasteiger partial charge in [-0.3, -0.25) is 4.79 Å². The van der Waals surface area contributed by atoms with E-state index in [1.807, 2.05) is 18.2 Å². The Morgan fingerprint density at radius 1 is 0.909 bits per heavy atom. The number of rotatable bonds is 7. The summed E-state index contributed by atoms with van der Waals surface area (Å²) in [7, 11) is 1.69. The molecule has 4 aromatic rings. The predicted molar refractivity (Wildman–Crippen MR) is 135 cm³/mol. The maximum Gasteiger partial charge on any atom is 0.261 e. The molecular formula is C29H27NO2S. The Kier molecular flexibility index (Phi) is 6.27. The molecule has 0 fully saturated rings. The number of carbonyl (C=O) groups is 1. The predicted octanol–water partition coefficient (Wildman–Crippen LogP) is 6.47. The van der Waals surface area contributed by atoms with Crippen LogP contribution in [0.3, 0.4) is 0 Å². The van der Waals surface area contributed by atoms with Gasteiger partial charge in [-0.05, 0) is 65.3 Å². The number of fused-ring (bicyclic) bond motifs is 3. The molecule has 4 heteroatoms. The van der Waals surface area contributed by atoms with Crippen LogP contribution in [0.5, 0.6) is 5.75 Å². The largest absolute Gasteiger partial charge is 0.497 e. The topological polar surface area (TPSA) is 38.3 Å². The maximum atomic E-state index is 13.0. The average molecular weight is 454 g/mol. The summed E-state index contributed by atoms with van der Waals surface area (Å²) >= 11 is 1.59. The molecule has 1 aliphatic rings. The van der Waals surface area contributed by atoms with Crippen molar-refractivity contribution in [2.24, 2.45) is 0 Å². The summed E-state index contributed by atoms with van der Waals surface area (Å²) in [5.74, 6) is 1.12. The Bertz CT molecular complexity index is 1210. The van der Waals surface area contributed by atoms with E-state index in [0.29, 0.717) is 6.54 Å². The second-order valence-corrected chi connectivity index (χ2v) is 9.46. The van der Waals surface area contributed by atoms with Crippen molar-refractivity contribution >= 4 is 17.2 Å². The summed E-state index contributed by atoms with van der Waals surface area (Å²) in [6.45, 7) is 0.625. The fourth-order valence-corrected chi connectivity index (χ4v) is 5.83. The van der Waals surface area contributed by atoms with Crippen LogP contribution < -0.4 is 10.1 Å². The van der Waals surface area contributed by atoms with Gasteiger partial charge in [0.05, 0.1) is 12.0 Å². The fourth-order valence-electron chi connectivity index (χ4n) is 4.65. The highest BCUT2D eigenvalue weighted by Crippen LogP contribution is 2.41. The van der Waals surface area contributed by atoms with Crippen LogP contribution in [0, 0.1) is 0 Å². The van der Waals surface area contributed by atoms with Crippen LogP contribution in [0.1, 0.15) is 44.3 Å². The van der Waals surface area contributed by atoms with Gasteiger partial charge in [0.25, 0.3) is 5.91 Å². The van der Waals surface area contributed by atoms with Crippen molar-refractivity contribution in [3.63, 3.8) is 0 Å². The van der Waals surface area contributed by atoms with Crippen LogP contribution in [-0.4, -0.2) is 19.6 Å². The fraction of sp³-hybridized carbons (Fsp3) is 0.207. The Hall–Kier alpha value is -3.37. The van der Waals surface area contributed by atoms with Gasteiger partial charge in [0.15, 0.2) is 0 Å². The number of ether oxygens (including phenoxy) is 1. The first kappa shape index (κ1) is 21.5. The monoisotopic (exact) mass is 453 g/mol. The Morgan fingerprint density at radius 2 is 1.58 bits per heavy atom. The molecule has 0 saturated heterocycles. The summed E-state index contributed by atoms with van der Waals surface area (Å²) in [5, 5.41) is 3.17. The average Bonchev–Trinajstić information content (AvgIpc) is 3.32. The summed E-state index contributed by atoms with van der Waals surface area (Å²) in [4.78, 5) is 15.0. The summed E-state index contributed by atoms with van der Waals surface area (Å²) < 4.78 is 5.42. The number of amides is 1. The third kappa shape index (κ3) is 4.57. The highest BCUT2D eigenvalue weighted by atomic mass is 32.1. The minimum atomic E-state index is 0.0127. The lowest BCUT2D eigenvalue weighted by molar-refractivity contribution is 0.0957. The van der Waals surface area contributed by atoms with E-state index >= 15 is 0 Å². The van der Waals surface area contributed by atoms with E-state index in [1.54, 1.807) is 18.4 Å². The van der Waals surface area contributed by atoms with Crippen molar-refractivity contribution < 1.29 is 9.53 Å². The summed E-state index contributed by atoms with van der Waals surface area (Å²) in [6.07, 6.45) is 2.83. The number of benzene rings is 3. The molecule has 3 aromatic carbocycles. The first-order valence-electron chi connectivity index (χ1n) is 11.4. The van der Waals surface area contributed by atoms with Crippen molar-refractivity contribution in [1.29, 1.82) is 0 Å². The van der Waals surface area contributed by atoms with Crippen molar-refractivity contribution in [3.8, 4) is 16.2 Å². The van der Waals surface area contributed by atoms with Gasteiger partial charge in [-0.25, -0.2) is 0 Å². The Morgan fingerprint density at radius 3 is 2.24 bits per heavy atom. The van der Waals surface area contributed by atoms with E-state index in [4.69, 9.17) is 4.74 Å². The van der Waals surface area contributed by atoms with Gasteiger partial charge >= 0.3 is 0 Å². The second kappa shape index (κ2) is 9.63. The molecule has 0 bridgehead atoms. The molecule has 0 atom stereocenters. The molecule has 1 amide bonds. The van der Waals surface area contributed by atoms with Gasteiger partial charge in [-0.1, -0.05) is 66.7 Å². The first-order valence-corrected chi connectivity index (χ1v) is 12.2. The zero-order chi connectivity index (χ0) is 22.6. The summed E-state index contributed by atoms with van der Waals surface area (Å²) in [5.41, 5.74) is 6.33. The number of aryl methyl sites for hydroxylation is 2. The quantitative estimate of drug-likeness (QED) is 0.348. The van der Waals surface area contributed by atoms with Gasteiger partial charge in [0.1, 0.15) is 5.75 Å². The Labute approximate surface area is 199 Å². The molecule has 166 valence electrons. The van der Waals surface area contributed by atoms with E-state index in [9.17, 15) is 4.79 Å². The van der Waals surface area contributed by atoms with Crippen molar-refractivity contribution in [2.45, 2.75) is 25.2 Å². The number of thiophene rings is 1. The molecule has 1 N–H and O–H groups in total. The molecule has 3 nitrogen and oxygen atoms in total. The molecular weight excluding hydrogens is 426 g/mol. The molecule has 0 saturated carbocycles. The smallest absolute Gasteiger partial charge is 0.261 e. The van der Waals surface area contributed by atoms with Crippen LogP contribution in [-0.2, 0) is 12.8 Å². The molecule has 1 aromatic heterocycles. The molecule has 1 aliphatic carbocycles. The lowest BCUT2D eigenvalue weighted by atomic mass is 9.88. The van der Waals surface area contributed by atoms with Gasteiger partial charge in [0, 0.05) is 17.3 Å². The number of carbonyl (C=O) groups excluding carboxylic acids is 1. The highest BCUT2D eigenvalue weighted by molar-refractivity contribution is 7.17. The van der Waals surface area contributed by atoms with E-state index in [-0.39, 0.29) is 11.8 Å². The SMILES string of the molecule is COc1ccc2c(c1)-c1sc(C(=O)NCCC(c3ccccc3)c3ccccc3)cc1CC2. The van der Waals surface area contributed by atoms with Crippen LogP contribution in [0.2, 0.25) is 0 Å². The minimum Gasteiger partial charge on any atom is -0.497 e. The van der Waals surface area contributed by atoms with Crippen molar-refractivity contribution in [3.05, 3.63) is 112 Å². The van der Waals surface area contributed by atoms with E-state index in [0.717, 1.165) is 29.9 Å². The molecule has 5 rings (SSSR count).